The lowest BCUT2D eigenvalue weighted by molar-refractivity contribution is 0.0951. The Labute approximate surface area is 145 Å². The Morgan fingerprint density at radius 2 is 1.71 bits per heavy atom. The van der Waals surface area contributed by atoms with Crippen molar-refractivity contribution in [3.63, 3.8) is 0 Å². The predicted octanol–water partition coefficient (Wildman–Crippen LogP) is 4.41. The molecule has 0 aliphatic heterocycles. The number of carbonyl (C=O) groups is 1. The SMILES string of the molecule is O=C(NCc1ccccc1)c1cccnc1Nc1ccccc1Cl. The van der Waals surface area contributed by atoms with Crippen LogP contribution in [-0.4, -0.2) is 10.9 Å². The molecule has 0 spiro atoms. The number of hydrogen-bond donors (Lipinski definition) is 2. The van der Waals surface area contributed by atoms with E-state index in [1.54, 1.807) is 24.4 Å². The lowest BCUT2D eigenvalue weighted by Gasteiger charge is -2.12. The molecule has 4 nitrogen and oxygen atoms in total. The number of hydrogen-bond acceptors (Lipinski definition) is 3. The van der Waals surface area contributed by atoms with E-state index in [4.69, 9.17) is 11.6 Å². The third kappa shape index (κ3) is 3.91. The van der Waals surface area contributed by atoms with Crippen molar-refractivity contribution < 1.29 is 4.79 Å². The molecule has 0 radical (unpaired) electrons. The summed E-state index contributed by atoms with van der Waals surface area (Å²) < 4.78 is 0. The molecule has 0 saturated carbocycles. The van der Waals surface area contributed by atoms with Gasteiger partial charge in [0, 0.05) is 12.7 Å². The number of benzene rings is 2. The van der Waals surface area contributed by atoms with E-state index < -0.39 is 0 Å². The van der Waals surface area contributed by atoms with Crippen molar-refractivity contribution in [1.82, 2.24) is 10.3 Å². The molecule has 120 valence electrons. The van der Waals surface area contributed by atoms with Crippen molar-refractivity contribution in [3.8, 4) is 0 Å². The Balaban J connectivity index is 1.76. The van der Waals surface area contributed by atoms with Gasteiger partial charge in [-0.1, -0.05) is 54.1 Å². The highest BCUT2D eigenvalue weighted by Crippen LogP contribution is 2.25. The largest absolute Gasteiger partial charge is 0.348 e. The van der Waals surface area contributed by atoms with Gasteiger partial charge in [-0.2, -0.15) is 0 Å². The van der Waals surface area contributed by atoms with Crippen molar-refractivity contribution in [2.24, 2.45) is 0 Å². The highest BCUT2D eigenvalue weighted by atomic mass is 35.5. The zero-order chi connectivity index (χ0) is 16.8. The van der Waals surface area contributed by atoms with Gasteiger partial charge in [0.05, 0.1) is 16.3 Å². The van der Waals surface area contributed by atoms with Crippen LogP contribution >= 0.6 is 11.6 Å². The summed E-state index contributed by atoms with van der Waals surface area (Å²) in [4.78, 5) is 16.8. The third-order valence-electron chi connectivity index (χ3n) is 3.48. The van der Waals surface area contributed by atoms with Crippen LogP contribution in [0.5, 0.6) is 0 Å². The Kier molecular flexibility index (Phi) is 5.08. The Morgan fingerprint density at radius 1 is 0.958 bits per heavy atom. The monoisotopic (exact) mass is 337 g/mol. The van der Waals surface area contributed by atoms with Crippen LogP contribution in [0.3, 0.4) is 0 Å². The summed E-state index contributed by atoms with van der Waals surface area (Å²) >= 11 is 6.16. The van der Waals surface area contributed by atoms with Crippen LogP contribution in [0.2, 0.25) is 5.02 Å². The first kappa shape index (κ1) is 16.0. The molecular formula is C19H16ClN3O. The van der Waals surface area contributed by atoms with E-state index in [-0.39, 0.29) is 5.91 Å². The molecule has 2 N–H and O–H groups in total. The molecule has 0 atom stereocenters. The molecule has 0 saturated heterocycles. The first-order valence-corrected chi connectivity index (χ1v) is 7.90. The Morgan fingerprint density at radius 3 is 2.50 bits per heavy atom. The van der Waals surface area contributed by atoms with E-state index in [1.807, 2.05) is 48.5 Å². The summed E-state index contributed by atoms with van der Waals surface area (Å²) in [5.74, 6) is 0.276. The summed E-state index contributed by atoms with van der Waals surface area (Å²) in [6, 6.07) is 20.5. The van der Waals surface area contributed by atoms with Crippen LogP contribution in [0, 0.1) is 0 Å². The number of anilines is 2. The standard InChI is InChI=1S/C19H16ClN3O/c20-16-10-4-5-11-17(16)23-18-15(9-6-12-21-18)19(24)22-13-14-7-2-1-3-8-14/h1-12H,13H2,(H,21,23)(H,22,24). The van der Waals surface area contributed by atoms with Crippen molar-refractivity contribution in [1.29, 1.82) is 0 Å². The number of nitrogens with zero attached hydrogens (tertiary/aromatic N) is 1. The molecule has 24 heavy (non-hydrogen) atoms. The van der Waals surface area contributed by atoms with E-state index in [9.17, 15) is 4.79 Å². The molecule has 5 heteroatoms. The van der Waals surface area contributed by atoms with Crippen molar-refractivity contribution >= 4 is 29.0 Å². The van der Waals surface area contributed by atoms with Crippen molar-refractivity contribution in [3.05, 3.63) is 89.1 Å². The number of halogens is 1. The molecular weight excluding hydrogens is 322 g/mol. The first-order valence-electron chi connectivity index (χ1n) is 7.53. The van der Waals surface area contributed by atoms with Gasteiger partial charge < -0.3 is 10.6 Å². The average molecular weight is 338 g/mol. The molecule has 3 aromatic rings. The lowest BCUT2D eigenvalue weighted by Crippen LogP contribution is -2.24. The first-order chi connectivity index (χ1) is 11.7. The predicted molar refractivity (Wildman–Crippen MR) is 96.6 cm³/mol. The summed E-state index contributed by atoms with van der Waals surface area (Å²) in [5.41, 5.74) is 2.21. The number of rotatable bonds is 5. The van der Waals surface area contributed by atoms with Crippen LogP contribution < -0.4 is 10.6 Å². The summed E-state index contributed by atoms with van der Waals surface area (Å²) in [6.07, 6.45) is 1.63. The summed E-state index contributed by atoms with van der Waals surface area (Å²) in [7, 11) is 0. The molecule has 0 aliphatic rings. The number of aromatic nitrogens is 1. The third-order valence-corrected chi connectivity index (χ3v) is 3.80. The fourth-order valence-corrected chi connectivity index (χ4v) is 2.43. The van der Waals surface area contributed by atoms with E-state index in [0.717, 1.165) is 5.56 Å². The zero-order valence-electron chi connectivity index (χ0n) is 12.9. The van der Waals surface area contributed by atoms with Gasteiger partial charge in [0.2, 0.25) is 0 Å². The fourth-order valence-electron chi connectivity index (χ4n) is 2.25. The topological polar surface area (TPSA) is 54.0 Å². The average Bonchev–Trinajstić information content (AvgIpc) is 2.63. The number of nitrogens with one attached hydrogen (secondary N) is 2. The van der Waals surface area contributed by atoms with E-state index in [1.165, 1.54) is 0 Å². The Bertz CT molecular complexity index is 837. The molecule has 3 rings (SSSR count). The van der Waals surface area contributed by atoms with Gasteiger partial charge in [-0.25, -0.2) is 4.98 Å². The highest BCUT2D eigenvalue weighted by molar-refractivity contribution is 6.33. The molecule has 0 unspecified atom stereocenters. The maximum atomic E-state index is 12.5. The van der Waals surface area contributed by atoms with Crippen LogP contribution in [0.15, 0.2) is 72.9 Å². The quantitative estimate of drug-likeness (QED) is 0.725. The van der Waals surface area contributed by atoms with Gasteiger partial charge in [-0.3, -0.25) is 4.79 Å². The number of pyridine rings is 1. The molecule has 0 aliphatic carbocycles. The summed E-state index contributed by atoms with van der Waals surface area (Å²) in [5, 5.41) is 6.59. The maximum Gasteiger partial charge on any atom is 0.255 e. The highest BCUT2D eigenvalue weighted by Gasteiger charge is 2.13. The molecule has 0 fully saturated rings. The molecule has 2 aromatic carbocycles. The second-order valence-corrected chi connectivity index (χ2v) is 5.58. The van der Waals surface area contributed by atoms with Crippen molar-refractivity contribution in [2.75, 3.05) is 5.32 Å². The van der Waals surface area contributed by atoms with Crippen LogP contribution in [-0.2, 0) is 6.54 Å². The smallest absolute Gasteiger partial charge is 0.255 e. The number of para-hydroxylation sites is 1. The van der Waals surface area contributed by atoms with E-state index >= 15 is 0 Å². The molecule has 1 amide bonds. The Hall–Kier alpha value is -2.85. The normalized spacial score (nSPS) is 10.2. The molecule has 1 heterocycles. The van der Waals surface area contributed by atoms with Gasteiger partial charge >= 0.3 is 0 Å². The van der Waals surface area contributed by atoms with E-state index in [0.29, 0.717) is 28.6 Å². The minimum Gasteiger partial charge on any atom is -0.348 e. The van der Waals surface area contributed by atoms with Gasteiger partial charge in [-0.05, 0) is 29.8 Å². The fraction of sp³-hybridized carbons (Fsp3) is 0.0526. The van der Waals surface area contributed by atoms with Gasteiger partial charge in [0.15, 0.2) is 0 Å². The zero-order valence-corrected chi connectivity index (χ0v) is 13.6. The molecule has 1 aromatic heterocycles. The number of carbonyl (C=O) groups excluding carboxylic acids is 1. The minimum absolute atomic E-state index is 0.193. The van der Waals surface area contributed by atoms with Gasteiger partial charge in [0.25, 0.3) is 5.91 Å². The number of amides is 1. The van der Waals surface area contributed by atoms with E-state index in [2.05, 4.69) is 15.6 Å². The van der Waals surface area contributed by atoms with Crippen LogP contribution in [0.1, 0.15) is 15.9 Å². The molecule has 0 bridgehead atoms. The lowest BCUT2D eigenvalue weighted by atomic mass is 10.2. The van der Waals surface area contributed by atoms with Gasteiger partial charge in [-0.15, -0.1) is 0 Å². The maximum absolute atomic E-state index is 12.5. The minimum atomic E-state index is -0.193. The van der Waals surface area contributed by atoms with Crippen LogP contribution in [0.25, 0.3) is 0 Å². The second-order valence-electron chi connectivity index (χ2n) is 5.17. The summed E-state index contributed by atoms with van der Waals surface area (Å²) in [6.45, 7) is 0.458. The van der Waals surface area contributed by atoms with Gasteiger partial charge in [0.1, 0.15) is 5.82 Å². The van der Waals surface area contributed by atoms with Crippen molar-refractivity contribution in [2.45, 2.75) is 6.54 Å². The second kappa shape index (κ2) is 7.62. The van der Waals surface area contributed by atoms with Crippen LogP contribution in [0.4, 0.5) is 11.5 Å².